The summed E-state index contributed by atoms with van der Waals surface area (Å²) in [4.78, 5) is 4.23. The Morgan fingerprint density at radius 2 is 1.96 bits per heavy atom. The highest BCUT2D eigenvalue weighted by Gasteiger charge is 2.41. The van der Waals surface area contributed by atoms with E-state index in [1.54, 1.807) is 18.3 Å². The Balaban J connectivity index is 1.44. The molecular formula is C18H16FN3O3S. The summed E-state index contributed by atoms with van der Waals surface area (Å²) in [5.41, 5.74) is 1.55. The lowest BCUT2D eigenvalue weighted by Crippen LogP contribution is -2.14. The highest BCUT2D eigenvalue weighted by Crippen LogP contribution is 2.37. The summed E-state index contributed by atoms with van der Waals surface area (Å²) >= 11 is 0. The maximum absolute atomic E-state index is 13.7. The van der Waals surface area contributed by atoms with Crippen molar-refractivity contribution >= 4 is 15.7 Å². The molecule has 0 spiro atoms. The Bertz CT molecular complexity index is 1020. The number of rotatable bonds is 6. The Kier molecular flexibility index (Phi) is 4.21. The molecule has 0 aliphatic carbocycles. The predicted octanol–water partition coefficient (Wildman–Crippen LogP) is 2.91. The van der Waals surface area contributed by atoms with E-state index in [0.717, 1.165) is 9.67 Å². The first-order valence-electron chi connectivity index (χ1n) is 8.00. The summed E-state index contributed by atoms with van der Waals surface area (Å²) in [6, 6.07) is 13.1. The van der Waals surface area contributed by atoms with E-state index in [1.807, 2.05) is 18.2 Å². The van der Waals surface area contributed by atoms with Gasteiger partial charge in [-0.15, -0.1) is 0 Å². The molecule has 2 unspecified atom stereocenters. The van der Waals surface area contributed by atoms with Crippen LogP contribution in [0.2, 0.25) is 0 Å². The van der Waals surface area contributed by atoms with Gasteiger partial charge in [0, 0.05) is 24.2 Å². The Morgan fingerprint density at radius 3 is 2.73 bits per heavy atom. The van der Waals surface area contributed by atoms with Gasteiger partial charge in [-0.3, -0.25) is 8.96 Å². The van der Waals surface area contributed by atoms with E-state index < -0.39 is 21.6 Å². The van der Waals surface area contributed by atoms with Gasteiger partial charge in [0.1, 0.15) is 11.9 Å². The van der Waals surface area contributed by atoms with E-state index >= 15 is 0 Å². The number of hydrogen-bond donors (Lipinski definition) is 1. The second-order valence-electron chi connectivity index (χ2n) is 5.95. The van der Waals surface area contributed by atoms with E-state index in [0.29, 0.717) is 5.69 Å². The number of halogens is 1. The second kappa shape index (κ2) is 6.54. The van der Waals surface area contributed by atoms with Gasteiger partial charge in [-0.2, -0.15) is 0 Å². The van der Waals surface area contributed by atoms with Crippen molar-refractivity contribution in [2.75, 3.05) is 5.32 Å². The first kappa shape index (κ1) is 16.7. The molecule has 4 rings (SSSR count). The van der Waals surface area contributed by atoms with Crippen LogP contribution in [0.15, 0.2) is 67.1 Å². The molecule has 2 atom stereocenters. The topological polar surface area (TPSA) is 76.5 Å². The molecule has 3 heterocycles. The number of ether oxygens (including phenoxy) is 1. The number of anilines is 1. The molecule has 0 bridgehead atoms. The SMILES string of the molecule is O=S(=O)(Cc1ccccc1F)n1ccc(NC2OC2c2ccccn2)c1. The monoisotopic (exact) mass is 373 g/mol. The van der Waals surface area contributed by atoms with Crippen LogP contribution in [-0.2, 0) is 20.5 Å². The Labute approximate surface area is 150 Å². The maximum atomic E-state index is 13.7. The van der Waals surface area contributed by atoms with Crippen LogP contribution >= 0.6 is 0 Å². The van der Waals surface area contributed by atoms with Gasteiger partial charge in [-0.25, -0.2) is 12.8 Å². The van der Waals surface area contributed by atoms with Gasteiger partial charge >= 0.3 is 0 Å². The summed E-state index contributed by atoms with van der Waals surface area (Å²) in [5.74, 6) is -0.948. The fraction of sp³-hybridized carbons (Fsp3) is 0.167. The van der Waals surface area contributed by atoms with Crippen LogP contribution in [0.1, 0.15) is 17.4 Å². The molecule has 26 heavy (non-hydrogen) atoms. The standard InChI is InChI=1S/C18H16FN3O3S/c19-15-6-2-1-5-13(15)12-26(23,24)22-10-8-14(11-22)21-18-17(25-18)16-7-3-4-9-20-16/h1-11,17-18,21H,12H2. The lowest BCUT2D eigenvalue weighted by atomic mass is 10.2. The van der Waals surface area contributed by atoms with E-state index in [4.69, 9.17) is 4.74 Å². The minimum absolute atomic E-state index is 0.136. The summed E-state index contributed by atoms with van der Waals surface area (Å²) in [6.45, 7) is 0. The molecule has 0 radical (unpaired) electrons. The van der Waals surface area contributed by atoms with Crippen molar-refractivity contribution in [3.05, 3.63) is 84.2 Å². The molecule has 1 fully saturated rings. The minimum atomic E-state index is -3.71. The average molecular weight is 373 g/mol. The van der Waals surface area contributed by atoms with E-state index in [9.17, 15) is 12.8 Å². The van der Waals surface area contributed by atoms with Gasteiger partial charge in [-0.1, -0.05) is 24.3 Å². The molecular weight excluding hydrogens is 357 g/mol. The summed E-state index contributed by atoms with van der Waals surface area (Å²) in [7, 11) is -3.71. The van der Waals surface area contributed by atoms with Gasteiger partial charge in [-0.05, 0) is 24.3 Å². The highest BCUT2D eigenvalue weighted by atomic mass is 32.2. The minimum Gasteiger partial charge on any atom is -0.356 e. The first-order chi connectivity index (χ1) is 12.5. The lowest BCUT2D eigenvalue weighted by molar-refractivity contribution is 0.383. The summed E-state index contributed by atoms with van der Waals surface area (Å²) in [5, 5.41) is 3.11. The van der Waals surface area contributed by atoms with Crippen molar-refractivity contribution in [2.24, 2.45) is 0 Å². The van der Waals surface area contributed by atoms with Gasteiger partial charge in [0.15, 0.2) is 6.23 Å². The molecule has 1 aliphatic rings. The fourth-order valence-corrected chi connectivity index (χ4v) is 3.97. The zero-order valence-corrected chi connectivity index (χ0v) is 14.4. The number of hydrogen-bond acceptors (Lipinski definition) is 5. The zero-order chi connectivity index (χ0) is 18.1. The molecule has 8 heteroatoms. The van der Waals surface area contributed by atoms with Crippen molar-refractivity contribution in [1.29, 1.82) is 0 Å². The molecule has 6 nitrogen and oxygen atoms in total. The smallest absolute Gasteiger partial charge is 0.242 e. The van der Waals surface area contributed by atoms with Crippen molar-refractivity contribution in [2.45, 2.75) is 18.1 Å². The molecule has 1 aliphatic heterocycles. The van der Waals surface area contributed by atoms with Gasteiger partial charge in [0.25, 0.3) is 0 Å². The van der Waals surface area contributed by atoms with Crippen LogP contribution in [0, 0.1) is 5.82 Å². The van der Waals surface area contributed by atoms with Crippen LogP contribution < -0.4 is 5.32 Å². The number of aromatic nitrogens is 2. The Hall–Kier alpha value is -2.71. The van der Waals surface area contributed by atoms with Crippen molar-refractivity contribution in [3.63, 3.8) is 0 Å². The van der Waals surface area contributed by atoms with Crippen molar-refractivity contribution < 1.29 is 17.5 Å². The molecule has 1 N–H and O–H groups in total. The maximum Gasteiger partial charge on any atom is 0.242 e. The molecule has 3 aromatic rings. The fourth-order valence-electron chi connectivity index (χ4n) is 2.68. The zero-order valence-electron chi connectivity index (χ0n) is 13.6. The Morgan fingerprint density at radius 1 is 1.15 bits per heavy atom. The third-order valence-corrected chi connectivity index (χ3v) is 5.61. The van der Waals surface area contributed by atoms with Gasteiger partial charge in [0.05, 0.1) is 17.1 Å². The van der Waals surface area contributed by atoms with Crippen LogP contribution in [0.5, 0.6) is 0 Å². The number of nitrogens with zero attached hydrogens (tertiary/aromatic N) is 2. The van der Waals surface area contributed by atoms with Crippen LogP contribution in [-0.4, -0.2) is 23.6 Å². The molecule has 0 amide bonds. The second-order valence-corrected chi connectivity index (χ2v) is 7.83. The quantitative estimate of drug-likeness (QED) is 0.673. The van der Waals surface area contributed by atoms with Crippen LogP contribution in [0.4, 0.5) is 10.1 Å². The highest BCUT2D eigenvalue weighted by molar-refractivity contribution is 7.89. The van der Waals surface area contributed by atoms with Gasteiger partial charge < -0.3 is 10.1 Å². The van der Waals surface area contributed by atoms with E-state index in [2.05, 4.69) is 10.3 Å². The number of benzene rings is 1. The summed E-state index contributed by atoms with van der Waals surface area (Å²) in [6.07, 6.45) is 4.16. The van der Waals surface area contributed by atoms with E-state index in [-0.39, 0.29) is 17.9 Å². The number of epoxide rings is 1. The van der Waals surface area contributed by atoms with E-state index in [1.165, 1.54) is 30.6 Å². The first-order valence-corrected chi connectivity index (χ1v) is 9.61. The predicted molar refractivity (Wildman–Crippen MR) is 94.3 cm³/mol. The van der Waals surface area contributed by atoms with Crippen LogP contribution in [0.25, 0.3) is 0 Å². The molecule has 1 aromatic carbocycles. The molecule has 134 valence electrons. The molecule has 2 aromatic heterocycles. The summed E-state index contributed by atoms with van der Waals surface area (Å²) < 4.78 is 45.3. The normalized spacial score (nSPS) is 19.3. The largest absolute Gasteiger partial charge is 0.356 e. The number of nitrogens with one attached hydrogen (secondary N) is 1. The molecule has 0 saturated carbocycles. The van der Waals surface area contributed by atoms with Crippen molar-refractivity contribution in [1.82, 2.24) is 8.96 Å². The van der Waals surface area contributed by atoms with Crippen LogP contribution in [0.3, 0.4) is 0 Å². The third-order valence-electron chi connectivity index (χ3n) is 4.06. The number of pyridine rings is 1. The van der Waals surface area contributed by atoms with Gasteiger partial charge in [0.2, 0.25) is 10.0 Å². The van der Waals surface area contributed by atoms with Crippen molar-refractivity contribution in [3.8, 4) is 0 Å². The lowest BCUT2D eigenvalue weighted by Gasteiger charge is -2.06. The third kappa shape index (κ3) is 3.47. The molecule has 1 saturated heterocycles. The average Bonchev–Trinajstić information content (AvgIpc) is 3.22.